The molecule has 1 saturated heterocycles. The molecule has 0 atom stereocenters. The smallest absolute Gasteiger partial charge is 0.315 e. The molecule has 0 radical (unpaired) electrons. The van der Waals surface area contributed by atoms with E-state index in [4.69, 9.17) is 4.74 Å². The van der Waals surface area contributed by atoms with Gasteiger partial charge in [0, 0.05) is 24.8 Å². The summed E-state index contributed by atoms with van der Waals surface area (Å²) in [7, 11) is 0. The minimum absolute atomic E-state index is 0.0268. The van der Waals surface area contributed by atoms with Crippen molar-refractivity contribution in [3.63, 3.8) is 0 Å². The van der Waals surface area contributed by atoms with E-state index in [0.29, 0.717) is 31.9 Å². The van der Waals surface area contributed by atoms with Crippen molar-refractivity contribution in [1.29, 1.82) is 0 Å². The van der Waals surface area contributed by atoms with Gasteiger partial charge in [0.05, 0.1) is 18.1 Å². The number of nitrogens with one attached hydrogen (secondary N) is 1. The average molecular weight is 238 g/mol. The lowest BCUT2D eigenvalue weighted by Gasteiger charge is -2.27. The van der Waals surface area contributed by atoms with E-state index in [2.05, 4.69) is 10.4 Å². The second-order valence-corrected chi connectivity index (χ2v) is 3.79. The zero-order valence-corrected chi connectivity index (χ0v) is 9.55. The fourth-order valence-electron chi connectivity index (χ4n) is 1.69. The normalized spacial score (nSPS) is 16.8. The van der Waals surface area contributed by atoms with Crippen molar-refractivity contribution in [2.24, 2.45) is 0 Å². The Balaban J connectivity index is 2.19. The Labute approximate surface area is 98.5 Å². The highest BCUT2D eigenvalue weighted by molar-refractivity contribution is 5.59. The van der Waals surface area contributed by atoms with Gasteiger partial charge in [-0.05, 0) is 13.0 Å². The van der Waals surface area contributed by atoms with Crippen LogP contribution in [0.15, 0.2) is 12.3 Å². The third-order valence-electron chi connectivity index (χ3n) is 2.58. The standard InChI is InChI=1S/C10H14N4O3/c1-8-2-3-11-10(9(8)14(15)16)12-13-4-6-17-7-5-13/h2-3H,4-7H2,1H3,(H,11,12). The summed E-state index contributed by atoms with van der Waals surface area (Å²) in [6.45, 7) is 4.31. The molecule has 0 unspecified atom stereocenters. The summed E-state index contributed by atoms with van der Waals surface area (Å²) in [6, 6.07) is 1.63. The number of hydrogen-bond donors (Lipinski definition) is 1. The molecule has 1 aliphatic rings. The number of nitrogens with zero attached hydrogens (tertiary/aromatic N) is 3. The third-order valence-corrected chi connectivity index (χ3v) is 2.58. The molecule has 0 amide bonds. The molecule has 0 bridgehead atoms. The Morgan fingerprint density at radius 2 is 2.24 bits per heavy atom. The SMILES string of the molecule is Cc1ccnc(NN2CCOCC2)c1[N+](=O)[O-]. The number of pyridine rings is 1. The predicted octanol–water partition coefficient (Wildman–Crippen LogP) is 0.957. The Hall–Kier alpha value is -1.73. The summed E-state index contributed by atoms with van der Waals surface area (Å²) >= 11 is 0. The van der Waals surface area contributed by atoms with Crippen LogP contribution in [-0.2, 0) is 4.74 Å². The zero-order valence-electron chi connectivity index (χ0n) is 9.55. The molecule has 0 spiro atoms. The number of aryl methyl sites for hydroxylation is 1. The highest BCUT2D eigenvalue weighted by Crippen LogP contribution is 2.25. The van der Waals surface area contributed by atoms with E-state index >= 15 is 0 Å². The van der Waals surface area contributed by atoms with Crippen molar-refractivity contribution >= 4 is 11.5 Å². The van der Waals surface area contributed by atoms with Gasteiger partial charge in [0.2, 0.25) is 5.82 Å². The topological polar surface area (TPSA) is 80.5 Å². The Bertz CT molecular complexity index is 418. The van der Waals surface area contributed by atoms with E-state index in [1.807, 2.05) is 5.01 Å². The van der Waals surface area contributed by atoms with Gasteiger partial charge in [-0.2, -0.15) is 0 Å². The lowest BCUT2D eigenvalue weighted by molar-refractivity contribution is -0.384. The number of hydrogen-bond acceptors (Lipinski definition) is 6. The molecule has 1 fully saturated rings. The van der Waals surface area contributed by atoms with Crippen molar-refractivity contribution in [2.75, 3.05) is 31.7 Å². The monoisotopic (exact) mass is 238 g/mol. The summed E-state index contributed by atoms with van der Waals surface area (Å²) < 4.78 is 5.20. The van der Waals surface area contributed by atoms with Crippen molar-refractivity contribution in [1.82, 2.24) is 9.99 Å². The number of anilines is 1. The molecular weight excluding hydrogens is 224 g/mol. The third kappa shape index (κ3) is 2.69. The van der Waals surface area contributed by atoms with Gasteiger partial charge >= 0.3 is 5.69 Å². The van der Waals surface area contributed by atoms with E-state index in [-0.39, 0.29) is 11.5 Å². The van der Waals surface area contributed by atoms with Crippen LogP contribution in [0.4, 0.5) is 11.5 Å². The van der Waals surface area contributed by atoms with E-state index in [9.17, 15) is 10.1 Å². The summed E-state index contributed by atoms with van der Waals surface area (Å²) in [6.07, 6.45) is 1.56. The molecule has 17 heavy (non-hydrogen) atoms. The number of nitro groups is 1. The summed E-state index contributed by atoms with van der Waals surface area (Å²) in [5.41, 5.74) is 3.60. The van der Waals surface area contributed by atoms with Gasteiger partial charge in [0.25, 0.3) is 0 Å². The van der Waals surface area contributed by atoms with Gasteiger partial charge in [0.15, 0.2) is 0 Å². The van der Waals surface area contributed by atoms with Crippen LogP contribution in [0.25, 0.3) is 0 Å². The molecule has 2 rings (SSSR count). The largest absolute Gasteiger partial charge is 0.379 e. The predicted molar refractivity (Wildman–Crippen MR) is 61.6 cm³/mol. The molecule has 7 heteroatoms. The fourth-order valence-corrected chi connectivity index (χ4v) is 1.69. The van der Waals surface area contributed by atoms with Crippen molar-refractivity contribution in [2.45, 2.75) is 6.92 Å². The van der Waals surface area contributed by atoms with Gasteiger partial charge < -0.3 is 4.74 Å². The first kappa shape index (κ1) is 11.7. The van der Waals surface area contributed by atoms with Crippen molar-refractivity contribution in [3.8, 4) is 0 Å². The molecule has 1 aromatic heterocycles. The first-order valence-electron chi connectivity index (χ1n) is 5.38. The lowest BCUT2D eigenvalue weighted by Crippen LogP contribution is -2.40. The van der Waals surface area contributed by atoms with Crippen LogP contribution in [-0.4, -0.2) is 41.2 Å². The maximum absolute atomic E-state index is 11.0. The molecule has 1 aliphatic heterocycles. The van der Waals surface area contributed by atoms with E-state index in [1.54, 1.807) is 19.2 Å². The molecular formula is C10H14N4O3. The van der Waals surface area contributed by atoms with Crippen LogP contribution in [0, 0.1) is 17.0 Å². The van der Waals surface area contributed by atoms with Crippen LogP contribution in [0.1, 0.15) is 5.56 Å². The maximum Gasteiger partial charge on any atom is 0.315 e. The quantitative estimate of drug-likeness (QED) is 0.624. The molecule has 7 nitrogen and oxygen atoms in total. The molecule has 1 N–H and O–H groups in total. The van der Waals surface area contributed by atoms with E-state index < -0.39 is 4.92 Å². The molecule has 92 valence electrons. The first-order valence-corrected chi connectivity index (χ1v) is 5.38. The Morgan fingerprint density at radius 3 is 2.88 bits per heavy atom. The van der Waals surface area contributed by atoms with Gasteiger partial charge in [-0.25, -0.2) is 9.99 Å². The van der Waals surface area contributed by atoms with Crippen molar-refractivity contribution in [3.05, 3.63) is 27.9 Å². The van der Waals surface area contributed by atoms with Crippen molar-refractivity contribution < 1.29 is 9.66 Å². The van der Waals surface area contributed by atoms with Crippen LogP contribution in [0.3, 0.4) is 0 Å². The molecule has 1 aromatic rings. The van der Waals surface area contributed by atoms with Gasteiger partial charge in [0.1, 0.15) is 0 Å². The second kappa shape index (κ2) is 5.07. The average Bonchev–Trinajstić information content (AvgIpc) is 2.30. The summed E-state index contributed by atoms with van der Waals surface area (Å²) in [5.74, 6) is 0.289. The Morgan fingerprint density at radius 1 is 1.53 bits per heavy atom. The van der Waals surface area contributed by atoms with Crippen LogP contribution in [0.5, 0.6) is 0 Å². The molecule has 0 aliphatic carbocycles. The first-order chi connectivity index (χ1) is 8.18. The minimum Gasteiger partial charge on any atom is -0.379 e. The van der Waals surface area contributed by atoms with Gasteiger partial charge in [-0.15, -0.1) is 0 Å². The lowest BCUT2D eigenvalue weighted by atomic mass is 10.2. The van der Waals surface area contributed by atoms with Gasteiger partial charge in [-0.1, -0.05) is 0 Å². The van der Waals surface area contributed by atoms with E-state index in [1.165, 1.54) is 0 Å². The molecule has 0 aromatic carbocycles. The van der Waals surface area contributed by atoms with Crippen LogP contribution < -0.4 is 5.43 Å². The summed E-state index contributed by atoms with van der Waals surface area (Å²) in [4.78, 5) is 14.6. The highest BCUT2D eigenvalue weighted by Gasteiger charge is 2.21. The number of rotatable bonds is 3. The number of morpholine rings is 1. The number of hydrazine groups is 1. The highest BCUT2D eigenvalue weighted by atomic mass is 16.6. The molecule has 0 saturated carbocycles. The van der Waals surface area contributed by atoms with Gasteiger partial charge in [-0.3, -0.25) is 15.5 Å². The van der Waals surface area contributed by atoms with Crippen LogP contribution in [0.2, 0.25) is 0 Å². The minimum atomic E-state index is -0.412. The van der Waals surface area contributed by atoms with Crippen LogP contribution >= 0.6 is 0 Å². The Kier molecular flexibility index (Phi) is 3.50. The summed E-state index contributed by atoms with van der Waals surface area (Å²) in [5, 5.41) is 12.8. The maximum atomic E-state index is 11.0. The number of aromatic nitrogens is 1. The number of ether oxygens (including phenoxy) is 1. The van der Waals surface area contributed by atoms with E-state index in [0.717, 1.165) is 0 Å². The zero-order chi connectivity index (χ0) is 12.3. The molecule has 2 heterocycles. The fraction of sp³-hybridized carbons (Fsp3) is 0.500. The second-order valence-electron chi connectivity index (χ2n) is 3.79.